The Morgan fingerprint density at radius 2 is 1.93 bits per heavy atom. The molecule has 2 N–H and O–H groups in total. The lowest BCUT2D eigenvalue weighted by Gasteiger charge is -2.04. The van der Waals surface area contributed by atoms with Crippen LogP contribution < -0.4 is 5.62 Å². The summed E-state index contributed by atoms with van der Waals surface area (Å²) in [6.45, 7) is 0. The van der Waals surface area contributed by atoms with Gasteiger partial charge in [0.25, 0.3) is 5.62 Å². The Labute approximate surface area is 94.4 Å². The van der Waals surface area contributed by atoms with Gasteiger partial charge in [0.05, 0.1) is 16.4 Å². The van der Waals surface area contributed by atoms with E-state index in [0.717, 1.165) is 5.56 Å². The van der Waals surface area contributed by atoms with Crippen LogP contribution in [-0.4, -0.2) is 14.9 Å². The molecule has 0 saturated heterocycles. The predicted molar refractivity (Wildman–Crippen MR) is 58.4 cm³/mol. The minimum atomic E-state index is -0.197. The summed E-state index contributed by atoms with van der Waals surface area (Å²) in [5.74, 6) is 0. The zero-order valence-corrected chi connectivity index (χ0v) is 9.27. The molecular weight excluding hydrogens is 258 g/mol. The Morgan fingerprint density at radius 1 is 1.27 bits per heavy atom. The second kappa shape index (κ2) is 3.86. The number of nitrogens with one attached hydrogen (secondary N) is 1. The number of rotatable bonds is 1. The van der Waals surface area contributed by atoms with Gasteiger partial charge in [-0.15, -0.1) is 0 Å². The van der Waals surface area contributed by atoms with Crippen molar-refractivity contribution >= 4 is 15.9 Å². The van der Waals surface area contributed by atoms with Gasteiger partial charge >= 0.3 is 0 Å². The first-order valence-corrected chi connectivity index (χ1v) is 5.06. The fraction of sp³-hybridized carbons (Fsp3) is 0. The molecule has 2 aromatic rings. The number of hydrogen-bond acceptors (Lipinski definition) is 3. The molecule has 0 amide bonds. The first-order valence-electron chi connectivity index (χ1n) is 4.27. The largest absolute Gasteiger partial charge is 0.425 e. The summed E-state index contributed by atoms with van der Waals surface area (Å²) in [5, 5.41) is 16.6. The van der Waals surface area contributed by atoms with Crippen molar-refractivity contribution < 1.29 is 5.21 Å². The Bertz CT molecular complexity index is 536. The lowest BCUT2D eigenvalue weighted by molar-refractivity contribution is 0.164. The molecule has 1 aromatic carbocycles. The van der Waals surface area contributed by atoms with E-state index < -0.39 is 0 Å². The van der Waals surface area contributed by atoms with Crippen molar-refractivity contribution in [1.29, 1.82) is 5.41 Å². The van der Waals surface area contributed by atoms with Crippen LogP contribution in [0.15, 0.2) is 41.0 Å². The van der Waals surface area contributed by atoms with E-state index in [1.54, 1.807) is 0 Å². The van der Waals surface area contributed by atoms with Gasteiger partial charge in [-0.3, -0.25) is 5.41 Å². The number of aromatic nitrogens is 2. The molecule has 4 nitrogen and oxygen atoms in total. The van der Waals surface area contributed by atoms with Crippen molar-refractivity contribution in [2.24, 2.45) is 0 Å². The number of nitrogens with zero attached hydrogens (tertiary/aromatic N) is 2. The highest BCUT2D eigenvalue weighted by atomic mass is 79.9. The Kier molecular flexibility index (Phi) is 2.55. The van der Waals surface area contributed by atoms with Crippen LogP contribution in [-0.2, 0) is 0 Å². The normalized spacial score (nSPS) is 10.2. The van der Waals surface area contributed by atoms with Crippen molar-refractivity contribution in [2.75, 3.05) is 0 Å². The zero-order valence-electron chi connectivity index (χ0n) is 7.68. The second-order valence-corrected chi connectivity index (χ2v) is 3.83. The lowest BCUT2D eigenvalue weighted by atomic mass is 10.1. The van der Waals surface area contributed by atoms with E-state index in [9.17, 15) is 5.21 Å². The van der Waals surface area contributed by atoms with Gasteiger partial charge in [-0.2, -0.15) is 4.73 Å². The van der Waals surface area contributed by atoms with Gasteiger partial charge < -0.3 is 5.21 Å². The molecule has 0 aliphatic heterocycles. The monoisotopic (exact) mass is 265 g/mol. The molecule has 0 saturated carbocycles. The summed E-state index contributed by atoms with van der Waals surface area (Å²) in [4.78, 5) is 3.98. The van der Waals surface area contributed by atoms with Crippen LogP contribution in [0.4, 0.5) is 0 Å². The van der Waals surface area contributed by atoms with Gasteiger partial charge in [-0.05, 0) is 15.9 Å². The molecule has 0 radical (unpaired) electrons. The van der Waals surface area contributed by atoms with Crippen LogP contribution in [0.25, 0.3) is 11.3 Å². The van der Waals surface area contributed by atoms with E-state index in [-0.39, 0.29) is 5.62 Å². The van der Waals surface area contributed by atoms with Crippen molar-refractivity contribution in [1.82, 2.24) is 9.71 Å². The van der Waals surface area contributed by atoms with Gasteiger partial charge in [-0.1, -0.05) is 30.3 Å². The van der Waals surface area contributed by atoms with E-state index in [0.29, 0.717) is 14.9 Å². The number of halogens is 1. The average molecular weight is 266 g/mol. The molecule has 0 unspecified atom stereocenters. The fourth-order valence-electron chi connectivity index (χ4n) is 1.24. The Hall–Kier alpha value is -1.62. The van der Waals surface area contributed by atoms with E-state index in [1.165, 1.54) is 6.20 Å². The fourth-order valence-corrected chi connectivity index (χ4v) is 1.75. The highest BCUT2D eigenvalue weighted by molar-refractivity contribution is 9.10. The van der Waals surface area contributed by atoms with Crippen LogP contribution in [0, 0.1) is 5.41 Å². The van der Waals surface area contributed by atoms with Crippen LogP contribution in [0.1, 0.15) is 0 Å². The Balaban J connectivity index is 2.64. The van der Waals surface area contributed by atoms with Crippen molar-refractivity contribution in [2.45, 2.75) is 0 Å². The molecule has 5 heteroatoms. The Morgan fingerprint density at radius 3 is 2.60 bits per heavy atom. The highest BCUT2D eigenvalue weighted by Gasteiger charge is 2.05. The van der Waals surface area contributed by atoms with Crippen molar-refractivity contribution in [3.8, 4) is 11.3 Å². The smallest absolute Gasteiger partial charge is 0.256 e. The van der Waals surface area contributed by atoms with Crippen molar-refractivity contribution in [3.05, 3.63) is 46.6 Å². The summed E-state index contributed by atoms with van der Waals surface area (Å²) in [5.41, 5.74) is 1.35. The molecule has 0 bridgehead atoms. The van der Waals surface area contributed by atoms with Crippen LogP contribution in [0.2, 0.25) is 0 Å². The molecule has 76 valence electrons. The van der Waals surface area contributed by atoms with E-state index >= 15 is 0 Å². The highest BCUT2D eigenvalue weighted by Crippen LogP contribution is 2.23. The molecule has 0 fully saturated rings. The van der Waals surface area contributed by atoms with Crippen LogP contribution in [0.3, 0.4) is 0 Å². The second-order valence-electron chi connectivity index (χ2n) is 2.97. The molecule has 1 heterocycles. The maximum absolute atomic E-state index is 9.21. The summed E-state index contributed by atoms with van der Waals surface area (Å²) >= 11 is 3.29. The zero-order chi connectivity index (χ0) is 10.8. The summed E-state index contributed by atoms with van der Waals surface area (Å²) < 4.78 is 1.31. The standard InChI is InChI=1S/C10H8BrN3O/c11-8-6-14(15)10(12)13-9(8)7-4-2-1-3-5-7/h1-6,12,15H. The van der Waals surface area contributed by atoms with Gasteiger partial charge in [0.2, 0.25) is 0 Å². The quantitative estimate of drug-likeness (QED) is 0.776. The van der Waals surface area contributed by atoms with E-state index in [1.807, 2.05) is 30.3 Å². The van der Waals surface area contributed by atoms with E-state index in [2.05, 4.69) is 20.9 Å². The molecule has 2 rings (SSSR count). The van der Waals surface area contributed by atoms with Gasteiger partial charge in [0.1, 0.15) is 0 Å². The van der Waals surface area contributed by atoms with E-state index in [4.69, 9.17) is 5.41 Å². The van der Waals surface area contributed by atoms with Crippen molar-refractivity contribution in [3.63, 3.8) is 0 Å². The first kappa shape index (κ1) is 9.92. The number of benzene rings is 1. The molecule has 0 spiro atoms. The molecule has 15 heavy (non-hydrogen) atoms. The average Bonchev–Trinajstić information content (AvgIpc) is 2.25. The van der Waals surface area contributed by atoms with Gasteiger partial charge in [0.15, 0.2) is 0 Å². The minimum absolute atomic E-state index is 0.197. The predicted octanol–water partition coefficient (Wildman–Crippen LogP) is 2.03. The molecule has 0 aliphatic carbocycles. The summed E-state index contributed by atoms with van der Waals surface area (Å²) in [7, 11) is 0. The maximum Gasteiger partial charge on any atom is 0.256 e. The molecule has 0 aliphatic rings. The molecular formula is C10H8BrN3O. The third-order valence-corrected chi connectivity index (χ3v) is 2.52. The third kappa shape index (κ3) is 1.92. The number of hydrogen-bond donors (Lipinski definition) is 2. The third-order valence-electron chi connectivity index (χ3n) is 1.94. The van der Waals surface area contributed by atoms with Crippen LogP contribution >= 0.6 is 15.9 Å². The summed E-state index contributed by atoms with van der Waals surface area (Å²) in [6.07, 6.45) is 1.40. The van der Waals surface area contributed by atoms with Crippen LogP contribution in [0.5, 0.6) is 0 Å². The molecule has 0 atom stereocenters. The summed E-state index contributed by atoms with van der Waals surface area (Å²) in [6, 6.07) is 9.50. The SMILES string of the molecule is N=c1nc(-c2ccccc2)c(Br)cn1O. The maximum atomic E-state index is 9.21. The minimum Gasteiger partial charge on any atom is -0.425 e. The topological polar surface area (TPSA) is 61.9 Å². The van der Waals surface area contributed by atoms with Gasteiger partial charge in [-0.25, -0.2) is 4.98 Å². The molecule has 1 aromatic heterocycles. The van der Waals surface area contributed by atoms with Gasteiger partial charge in [0, 0.05) is 5.56 Å². The lowest BCUT2D eigenvalue weighted by Crippen LogP contribution is -2.21. The first-order chi connectivity index (χ1) is 7.18.